The van der Waals surface area contributed by atoms with E-state index in [0.29, 0.717) is 12.6 Å². The maximum Gasteiger partial charge on any atom is 0.0731 e. The summed E-state index contributed by atoms with van der Waals surface area (Å²) >= 11 is 0. The molecule has 1 saturated carbocycles. The Morgan fingerprint density at radius 1 is 1.32 bits per heavy atom. The monoisotopic (exact) mass is 257 g/mol. The molecule has 1 aromatic carbocycles. The van der Waals surface area contributed by atoms with Gasteiger partial charge >= 0.3 is 0 Å². The van der Waals surface area contributed by atoms with Gasteiger partial charge in [-0.3, -0.25) is 4.68 Å². The number of nitrogens with zero attached hydrogens (tertiary/aromatic N) is 2. The van der Waals surface area contributed by atoms with Gasteiger partial charge in [0, 0.05) is 6.20 Å². The van der Waals surface area contributed by atoms with E-state index in [4.69, 9.17) is 5.11 Å². The van der Waals surface area contributed by atoms with Crippen LogP contribution < -0.4 is 5.32 Å². The number of aliphatic hydroxyl groups excluding tert-OH is 1. The van der Waals surface area contributed by atoms with Crippen molar-refractivity contribution in [1.29, 1.82) is 0 Å². The molecule has 0 aliphatic heterocycles. The predicted octanol–water partition coefficient (Wildman–Crippen LogP) is 2.44. The van der Waals surface area contributed by atoms with Crippen LogP contribution in [-0.2, 0) is 6.54 Å². The standard InChI is InChI=1S/C15H19N3O/c19-9-8-18-11-14(10-16-18)17-15(13-6-7-13)12-4-2-1-3-5-12/h1-5,10-11,13,15,17,19H,6-9H2. The minimum Gasteiger partial charge on any atom is -0.394 e. The summed E-state index contributed by atoms with van der Waals surface area (Å²) in [5.74, 6) is 0.726. The van der Waals surface area contributed by atoms with E-state index < -0.39 is 0 Å². The van der Waals surface area contributed by atoms with Crippen LogP contribution in [0.1, 0.15) is 24.4 Å². The third kappa shape index (κ3) is 2.96. The van der Waals surface area contributed by atoms with E-state index in [1.807, 2.05) is 18.5 Å². The highest BCUT2D eigenvalue weighted by atomic mass is 16.3. The Hall–Kier alpha value is -1.81. The Kier molecular flexibility index (Phi) is 3.51. The van der Waals surface area contributed by atoms with E-state index in [2.05, 4.69) is 34.7 Å². The largest absolute Gasteiger partial charge is 0.394 e. The normalized spacial score (nSPS) is 16.3. The van der Waals surface area contributed by atoms with E-state index in [9.17, 15) is 0 Å². The van der Waals surface area contributed by atoms with Crippen molar-refractivity contribution in [1.82, 2.24) is 9.78 Å². The summed E-state index contributed by atoms with van der Waals surface area (Å²) < 4.78 is 1.76. The molecular weight excluding hydrogens is 238 g/mol. The first kappa shape index (κ1) is 12.2. The van der Waals surface area contributed by atoms with E-state index >= 15 is 0 Å². The highest BCUT2D eigenvalue weighted by molar-refractivity contribution is 5.42. The first-order valence-corrected chi connectivity index (χ1v) is 6.81. The molecule has 4 nitrogen and oxygen atoms in total. The number of benzene rings is 1. The first-order valence-electron chi connectivity index (χ1n) is 6.81. The Labute approximate surface area is 113 Å². The maximum atomic E-state index is 8.91. The molecule has 0 radical (unpaired) electrons. The molecule has 100 valence electrons. The van der Waals surface area contributed by atoms with Crippen molar-refractivity contribution in [3.05, 3.63) is 48.3 Å². The van der Waals surface area contributed by atoms with Crippen molar-refractivity contribution < 1.29 is 5.11 Å². The van der Waals surface area contributed by atoms with Gasteiger partial charge in [-0.1, -0.05) is 30.3 Å². The fourth-order valence-corrected chi connectivity index (χ4v) is 2.41. The molecule has 1 unspecified atom stereocenters. The maximum absolute atomic E-state index is 8.91. The lowest BCUT2D eigenvalue weighted by Crippen LogP contribution is -2.12. The molecule has 0 saturated heterocycles. The van der Waals surface area contributed by atoms with Crippen LogP contribution in [0, 0.1) is 5.92 Å². The lowest BCUT2D eigenvalue weighted by atomic mass is 10.0. The Balaban J connectivity index is 1.74. The second kappa shape index (κ2) is 5.45. The van der Waals surface area contributed by atoms with E-state index in [0.717, 1.165) is 11.6 Å². The highest BCUT2D eigenvalue weighted by Crippen LogP contribution is 2.42. The van der Waals surface area contributed by atoms with E-state index in [-0.39, 0.29) is 6.61 Å². The zero-order valence-corrected chi connectivity index (χ0v) is 10.9. The van der Waals surface area contributed by atoms with Gasteiger partial charge in [0.05, 0.1) is 31.1 Å². The molecule has 0 bridgehead atoms. The van der Waals surface area contributed by atoms with Crippen LogP contribution in [0.2, 0.25) is 0 Å². The molecule has 1 aromatic heterocycles. The molecule has 1 atom stereocenters. The number of nitrogens with one attached hydrogen (secondary N) is 1. The zero-order valence-electron chi connectivity index (χ0n) is 10.9. The first-order chi connectivity index (χ1) is 9.36. The quantitative estimate of drug-likeness (QED) is 0.835. The van der Waals surface area contributed by atoms with Gasteiger partial charge in [0.15, 0.2) is 0 Å². The lowest BCUT2D eigenvalue weighted by Gasteiger charge is -2.18. The molecule has 1 fully saturated rings. The van der Waals surface area contributed by atoms with Crippen LogP contribution in [0.4, 0.5) is 5.69 Å². The second-order valence-corrected chi connectivity index (χ2v) is 5.09. The molecule has 1 heterocycles. The molecule has 19 heavy (non-hydrogen) atoms. The lowest BCUT2D eigenvalue weighted by molar-refractivity contribution is 0.269. The number of aromatic nitrogens is 2. The summed E-state index contributed by atoms with van der Waals surface area (Å²) in [5, 5.41) is 16.7. The average Bonchev–Trinajstić information content (AvgIpc) is 3.19. The molecule has 2 N–H and O–H groups in total. The molecule has 0 spiro atoms. The minimum absolute atomic E-state index is 0.117. The smallest absolute Gasteiger partial charge is 0.0731 e. The van der Waals surface area contributed by atoms with Crippen LogP contribution >= 0.6 is 0 Å². The molecule has 4 heteroatoms. The summed E-state index contributed by atoms with van der Waals surface area (Å²) in [5.41, 5.74) is 2.36. The number of rotatable bonds is 6. The minimum atomic E-state index is 0.117. The zero-order chi connectivity index (χ0) is 13.1. The van der Waals surface area contributed by atoms with Gasteiger partial charge < -0.3 is 10.4 Å². The van der Waals surface area contributed by atoms with Crippen molar-refractivity contribution in [2.24, 2.45) is 5.92 Å². The van der Waals surface area contributed by atoms with Gasteiger partial charge in [-0.05, 0) is 24.3 Å². The Bertz CT molecular complexity index is 519. The Morgan fingerprint density at radius 3 is 2.79 bits per heavy atom. The summed E-state index contributed by atoms with van der Waals surface area (Å²) in [4.78, 5) is 0. The van der Waals surface area contributed by atoms with Crippen LogP contribution in [-0.4, -0.2) is 21.5 Å². The Morgan fingerprint density at radius 2 is 2.11 bits per heavy atom. The molecule has 0 amide bonds. The van der Waals surface area contributed by atoms with E-state index in [1.54, 1.807) is 4.68 Å². The van der Waals surface area contributed by atoms with Crippen molar-refractivity contribution in [3.8, 4) is 0 Å². The van der Waals surface area contributed by atoms with Crippen molar-refractivity contribution in [2.45, 2.75) is 25.4 Å². The topological polar surface area (TPSA) is 50.1 Å². The summed E-state index contributed by atoms with van der Waals surface area (Å²) in [6.45, 7) is 0.660. The molecular formula is C15H19N3O. The summed E-state index contributed by atoms with van der Waals surface area (Å²) in [7, 11) is 0. The van der Waals surface area contributed by atoms with E-state index in [1.165, 1.54) is 18.4 Å². The van der Waals surface area contributed by atoms with Gasteiger partial charge in [-0.15, -0.1) is 0 Å². The van der Waals surface area contributed by atoms with Crippen LogP contribution in [0.25, 0.3) is 0 Å². The fourth-order valence-electron chi connectivity index (χ4n) is 2.41. The summed E-state index contributed by atoms with van der Waals surface area (Å²) in [6.07, 6.45) is 6.36. The van der Waals surface area contributed by atoms with Crippen molar-refractivity contribution in [2.75, 3.05) is 11.9 Å². The molecule has 1 aliphatic carbocycles. The predicted molar refractivity (Wildman–Crippen MR) is 74.8 cm³/mol. The van der Waals surface area contributed by atoms with Crippen LogP contribution in [0.3, 0.4) is 0 Å². The number of hydrogen-bond acceptors (Lipinski definition) is 3. The summed E-state index contributed by atoms with van der Waals surface area (Å²) in [6, 6.07) is 10.9. The molecule has 3 rings (SSSR count). The van der Waals surface area contributed by atoms with Gasteiger partial charge in [0.1, 0.15) is 0 Å². The van der Waals surface area contributed by atoms with Gasteiger partial charge in [0.25, 0.3) is 0 Å². The molecule has 2 aromatic rings. The van der Waals surface area contributed by atoms with Crippen molar-refractivity contribution in [3.63, 3.8) is 0 Å². The number of hydrogen-bond donors (Lipinski definition) is 2. The van der Waals surface area contributed by atoms with Gasteiger partial charge in [-0.25, -0.2) is 0 Å². The van der Waals surface area contributed by atoms with Gasteiger partial charge in [-0.2, -0.15) is 5.10 Å². The van der Waals surface area contributed by atoms with Crippen molar-refractivity contribution >= 4 is 5.69 Å². The SMILES string of the molecule is OCCn1cc(NC(c2ccccc2)C2CC2)cn1. The fraction of sp³-hybridized carbons (Fsp3) is 0.400. The molecule has 1 aliphatic rings. The average molecular weight is 257 g/mol. The third-order valence-corrected chi connectivity index (χ3v) is 3.54. The highest BCUT2D eigenvalue weighted by Gasteiger charge is 2.32. The van der Waals surface area contributed by atoms with Gasteiger partial charge in [0.2, 0.25) is 0 Å². The van der Waals surface area contributed by atoms with Crippen LogP contribution in [0.5, 0.6) is 0 Å². The second-order valence-electron chi connectivity index (χ2n) is 5.09. The number of anilines is 1. The van der Waals surface area contributed by atoms with Crippen LogP contribution in [0.15, 0.2) is 42.7 Å². The number of aliphatic hydroxyl groups is 1. The third-order valence-electron chi connectivity index (χ3n) is 3.54.